The molecule has 1 aliphatic heterocycles. The van der Waals surface area contributed by atoms with Gasteiger partial charge in [-0.2, -0.15) is 4.57 Å². The Morgan fingerprint density at radius 2 is 1.66 bits per heavy atom. The third kappa shape index (κ3) is 6.79. The number of fused-ring (bicyclic) bond motifs is 5. The number of ether oxygens (including phenoxy) is 1. The van der Waals surface area contributed by atoms with Gasteiger partial charge >= 0.3 is 5.97 Å². The lowest BCUT2D eigenvalue weighted by atomic mass is 9.98. The predicted molar refractivity (Wildman–Crippen MR) is 194 cm³/mol. The molecule has 1 amide bonds. The zero-order valence-electron chi connectivity index (χ0n) is 27.5. The average Bonchev–Trinajstić information content (AvgIpc) is 3.63. The lowest BCUT2D eigenvalue weighted by molar-refractivity contribution is -0.658. The van der Waals surface area contributed by atoms with E-state index in [4.69, 9.17) is 4.74 Å². The molecule has 10 heteroatoms. The van der Waals surface area contributed by atoms with Crippen LogP contribution in [0.15, 0.2) is 124 Å². The molecular formula is C40H36N4O5S. The van der Waals surface area contributed by atoms with Crippen LogP contribution in [0.3, 0.4) is 0 Å². The number of amides is 1. The molecule has 0 spiro atoms. The number of nitrogens with zero attached hydrogens (tertiary/aromatic N) is 3. The standard InChI is InChI=1S/C40H36N4O5S/c1-43-35-18-8-9-19-36(35)50-38(43)23-26-20-22-44(34-17-7-6-11-27(26)34)24-37(45)42-33(39(46)47)16-10-21-41-40(48)49-25-32-30-14-4-2-12-28(30)29-13-3-5-15-31(29)32/h2-9,11-15,17-20,22-23,32-33H,10,16,21,24-25H2,1H3,(H2-,41,42,45,46,47,48)/t33-/m1/s1. The average molecular weight is 685 g/mol. The molecule has 2 aliphatic rings. The van der Waals surface area contributed by atoms with E-state index in [0.717, 1.165) is 49.4 Å². The normalized spacial score (nSPS) is 15.1. The zero-order chi connectivity index (χ0) is 34.6. The first-order valence-corrected chi connectivity index (χ1v) is 17.4. The van der Waals surface area contributed by atoms with Crippen molar-refractivity contribution in [3.8, 4) is 11.1 Å². The maximum Gasteiger partial charge on any atom is 0.326 e. The number of rotatable bonds is 11. The number of hydrogen-bond donors (Lipinski definition) is 2. The molecule has 0 bridgehead atoms. The number of benzene rings is 4. The molecule has 4 aromatic carbocycles. The molecule has 0 saturated heterocycles. The van der Waals surface area contributed by atoms with Crippen LogP contribution in [-0.2, 0) is 20.9 Å². The van der Waals surface area contributed by atoms with Crippen molar-refractivity contribution in [2.75, 3.05) is 25.1 Å². The summed E-state index contributed by atoms with van der Waals surface area (Å²) in [6, 6.07) is 33.2. The van der Waals surface area contributed by atoms with Crippen molar-refractivity contribution in [1.82, 2.24) is 5.32 Å². The lowest BCUT2D eigenvalue weighted by Gasteiger charge is -2.21. The Hall–Kier alpha value is -5.61. The molecular weight excluding hydrogens is 649 g/mol. The van der Waals surface area contributed by atoms with Crippen LogP contribution in [0.1, 0.15) is 35.4 Å². The molecule has 5 aromatic rings. The van der Waals surface area contributed by atoms with Gasteiger partial charge in [0.15, 0.2) is 6.20 Å². The van der Waals surface area contributed by atoms with Crippen LogP contribution >= 0.6 is 11.8 Å². The lowest BCUT2D eigenvalue weighted by Crippen LogP contribution is -2.48. The Kier molecular flexibility index (Phi) is 9.53. The van der Waals surface area contributed by atoms with Crippen molar-refractivity contribution in [2.45, 2.75) is 36.2 Å². The first-order valence-electron chi connectivity index (χ1n) is 16.6. The van der Waals surface area contributed by atoms with Gasteiger partial charge in [-0.3, -0.25) is 9.79 Å². The number of para-hydroxylation sites is 2. The first kappa shape index (κ1) is 32.9. The minimum absolute atomic E-state index is 0.0502. The summed E-state index contributed by atoms with van der Waals surface area (Å²) in [4.78, 5) is 32.5. The summed E-state index contributed by atoms with van der Waals surface area (Å²) in [5, 5.41) is 27.1. The Labute approximate surface area is 294 Å². The summed E-state index contributed by atoms with van der Waals surface area (Å²) >= 11 is 1.71. The summed E-state index contributed by atoms with van der Waals surface area (Å²) < 4.78 is 7.34. The van der Waals surface area contributed by atoms with Crippen molar-refractivity contribution in [1.29, 1.82) is 0 Å². The van der Waals surface area contributed by atoms with E-state index < -0.39 is 24.0 Å². The Bertz CT molecular complexity index is 2100. The van der Waals surface area contributed by atoms with Crippen LogP contribution < -0.4 is 19.9 Å². The number of aliphatic imine (C=N–C) groups is 1. The van der Waals surface area contributed by atoms with Crippen molar-refractivity contribution >= 4 is 52.4 Å². The van der Waals surface area contributed by atoms with Crippen molar-refractivity contribution < 1.29 is 29.1 Å². The van der Waals surface area contributed by atoms with Gasteiger partial charge < -0.3 is 25.2 Å². The Morgan fingerprint density at radius 1 is 0.980 bits per heavy atom. The number of aliphatic carboxylic acids is 1. The molecule has 9 nitrogen and oxygen atoms in total. The SMILES string of the molecule is CN1/C(=C\c2cc[n+](CC(=O)N[C@H](CCCN=C([O-])OCC3c4ccccc4-c4ccccc43)C(=O)O)c3ccccc23)Sc2ccccc21. The monoisotopic (exact) mass is 684 g/mol. The molecule has 1 atom stereocenters. The molecule has 0 saturated carbocycles. The number of nitrogens with one attached hydrogen (secondary N) is 1. The highest BCUT2D eigenvalue weighted by Gasteiger charge is 2.27. The van der Waals surface area contributed by atoms with E-state index in [1.165, 1.54) is 4.90 Å². The third-order valence-electron chi connectivity index (χ3n) is 9.18. The number of aromatic nitrogens is 1. The van der Waals surface area contributed by atoms with E-state index in [0.29, 0.717) is 0 Å². The van der Waals surface area contributed by atoms with Crippen LogP contribution in [-0.4, -0.2) is 49.3 Å². The van der Waals surface area contributed by atoms with E-state index in [1.54, 1.807) is 11.8 Å². The van der Waals surface area contributed by atoms with Gasteiger partial charge in [-0.1, -0.05) is 84.6 Å². The number of carboxylic acids is 1. The number of carbonyl (C=O) groups is 2. The number of thioether (sulfide) groups is 1. The predicted octanol–water partition coefficient (Wildman–Crippen LogP) is 5.56. The van der Waals surface area contributed by atoms with Crippen molar-refractivity contribution in [3.05, 3.63) is 131 Å². The molecule has 1 aliphatic carbocycles. The minimum atomic E-state index is -1.14. The molecule has 1 aromatic heterocycles. The van der Waals surface area contributed by atoms with Crippen LogP contribution in [0.5, 0.6) is 0 Å². The van der Waals surface area contributed by atoms with Gasteiger partial charge in [0.1, 0.15) is 12.1 Å². The van der Waals surface area contributed by atoms with Crippen LogP contribution in [0.25, 0.3) is 28.1 Å². The molecule has 0 fully saturated rings. The second kappa shape index (κ2) is 14.5. The van der Waals surface area contributed by atoms with Gasteiger partial charge in [0.25, 0.3) is 5.91 Å². The van der Waals surface area contributed by atoms with Gasteiger partial charge in [0.2, 0.25) is 12.1 Å². The summed E-state index contributed by atoms with van der Waals surface area (Å²) in [5.41, 5.74) is 7.54. The van der Waals surface area contributed by atoms with Crippen molar-refractivity contribution in [3.63, 3.8) is 0 Å². The molecule has 2 heterocycles. The Morgan fingerprint density at radius 3 is 2.40 bits per heavy atom. The van der Waals surface area contributed by atoms with E-state index in [1.807, 2.05) is 89.6 Å². The van der Waals surface area contributed by atoms with Crippen LogP contribution in [0.2, 0.25) is 0 Å². The highest BCUT2D eigenvalue weighted by molar-refractivity contribution is 8.03. The maximum atomic E-state index is 13.1. The number of carbonyl (C=O) groups excluding carboxylic acids is 1. The third-order valence-corrected chi connectivity index (χ3v) is 10.4. The minimum Gasteiger partial charge on any atom is -0.599 e. The summed E-state index contributed by atoms with van der Waals surface area (Å²) in [6.07, 6.45) is 3.72. The summed E-state index contributed by atoms with van der Waals surface area (Å²) in [5.74, 6) is -1.63. The van der Waals surface area contributed by atoms with E-state index in [9.17, 15) is 19.8 Å². The number of carboxylic acid groups (broad SMARTS) is 1. The topological polar surface area (TPSA) is 118 Å². The van der Waals surface area contributed by atoms with Gasteiger partial charge in [-0.25, -0.2) is 4.79 Å². The molecule has 0 unspecified atom stereocenters. The quantitative estimate of drug-likeness (QED) is 0.0810. The molecule has 7 rings (SSSR count). The van der Waals surface area contributed by atoms with E-state index in [2.05, 4.69) is 52.6 Å². The fourth-order valence-electron chi connectivity index (χ4n) is 6.71. The fraction of sp³-hybridized carbons (Fsp3) is 0.200. The van der Waals surface area contributed by atoms with Gasteiger partial charge in [-0.15, -0.1) is 0 Å². The number of hydrogen-bond acceptors (Lipinski definition) is 7. The maximum absolute atomic E-state index is 13.1. The Balaban J connectivity index is 0.942. The highest BCUT2D eigenvalue weighted by Crippen LogP contribution is 2.46. The van der Waals surface area contributed by atoms with Crippen LogP contribution in [0, 0.1) is 0 Å². The van der Waals surface area contributed by atoms with E-state index in [-0.39, 0.29) is 38.5 Å². The number of pyridine rings is 1. The fourth-order valence-corrected chi connectivity index (χ4v) is 7.81. The zero-order valence-corrected chi connectivity index (χ0v) is 28.3. The van der Waals surface area contributed by atoms with Gasteiger partial charge in [-0.05, 0) is 64.9 Å². The second-order valence-electron chi connectivity index (χ2n) is 12.3. The van der Waals surface area contributed by atoms with Gasteiger partial charge in [0.05, 0.1) is 16.1 Å². The molecule has 252 valence electrons. The molecule has 2 N–H and O–H groups in total. The molecule has 0 radical (unpaired) electrons. The smallest absolute Gasteiger partial charge is 0.326 e. The number of anilines is 1. The summed E-state index contributed by atoms with van der Waals surface area (Å²) in [7, 11) is 2.05. The summed E-state index contributed by atoms with van der Waals surface area (Å²) in [6.45, 7) is 0.204. The second-order valence-corrected chi connectivity index (χ2v) is 13.4. The highest BCUT2D eigenvalue weighted by atomic mass is 32.2. The van der Waals surface area contributed by atoms with Crippen LogP contribution in [0.4, 0.5) is 5.69 Å². The molecule has 50 heavy (non-hydrogen) atoms. The van der Waals surface area contributed by atoms with Gasteiger partial charge in [0, 0.05) is 43.1 Å². The largest absolute Gasteiger partial charge is 0.599 e. The first-order chi connectivity index (χ1) is 24.4. The van der Waals surface area contributed by atoms with Crippen molar-refractivity contribution in [2.24, 2.45) is 4.99 Å². The van der Waals surface area contributed by atoms with E-state index >= 15 is 0 Å².